The van der Waals surface area contributed by atoms with Gasteiger partial charge in [0, 0.05) is 11.0 Å². The number of fused-ring (bicyclic) bond motifs is 7. The van der Waals surface area contributed by atoms with Crippen molar-refractivity contribution >= 4 is 11.8 Å². The topological polar surface area (TPSA) is 63.6 Å². The van der Waals surface area contributed by atoms with Gasteiger partial charge < -0.3 is 9.84 Å². The van der Waals surface area contributed by atoms with Crippen LogP contribution >= 0.6 is 0 Å². The first kappa shape index (κ1) is 25.5. The van der Waals surface area contributed by atoms with Crippen LogP contribution in [0.1, 0.15) is 100 Å². The number of rotatable bonds is 2. The number of aliphatic hydroxyl groups is 1. The third-order valence-corrected chi connectivity index (χ3v) is 11.7. The number of ether oxygens (including phenoxy) is 1. The first-order valence-electron chi connectivity index (χ1n) is 13.9. The molecular formula is C32H44O4. The molecule has 196 valence electrons. The van der Waals surface area contributed by atoms with Crippen LogP contribution in [0.5, 0.6) is 0 Å². The molecule has 0 saturated heterocycles. The van der Waals surface area contributed by atoms with Gasteiger partial charge in [-0.05, 0) is 112 Å². The molecule has 0 aromatic heterocycles. The predicted molar refractivity (Wildman–Crippen MR) is 142 cm³/mol. The molecule has 0 bridgehead atoms. The van der Waals surface area contributed by atoms with Gasteiger partial charge in [0.15, 0.2) is 5.76 Å². The third kappa shape index (κ3) is 3.18. The Morgan fingerprint density at radius 3 is 2.33 bits per heavy atom. The van der Waals surface area contributed by atoms with E-state index in [1.54, 1.807) is 6.08 Å². The molecule has 1 N–H and O–H groups in total. The van der Waals surface area contributed by atoms with Gasteiger partial charge in [0.2, 0.25) is 5.78 Å². The lowest BCUT2D eigenvalue weighted by molar-refractivity contribution is -0.184. The number of carbonyl (C=O) groups excluding carboxylic acids is 2. The van der Waals surface area contributed by atoms with Crippen molar-refractivity contribution in [1.29, 1.82) is 0 Å². The van der Waals surface area contributed by atoms with Crippen molar-refractivity contribution in [2.75, 3.05) is 0 Å². The van der Waals surface area contributed by atoms with Crippen LogP contribution in [0.3, 0.4) is 0 Å². The van der Waals surface area contributed by atoms with Crippen molar-refractivity contribution in [2.24, 2.45) is 33.0 Å². The number of ketones is 1. The van der Waals surface area contributed by atoms with Gasteiger partial charge in [0.05, 0.1) is 11.5 Å². The molecule has 3 fully saturated rings. The third-order valence-electron chi connectivity index (χ3n) is 11.7. The first-order chi connectivity index (χ1) is 16.6. The summed E-state index contributed by atoms with van der Waals surface area (Å²) in [6.45, 7) is 17.6. The average Bonchev–Trinajstić information content (AvgIpc) is 2.80. The van der Waals surface area contributed by atoms with Gasteiger partial charge in [0.25, 0.3) is 0 Å². The van der Waals surface area contributed by atoms with Gasteiger partial charge in [-0.25, -0.2) is 0 Å². The molecule has 0 radical (unpaired) electrons. The van der Waals surface area contributed by atoms with Gasteiger partial charge in [-0.1, -0.05) is 45.4 Å². The number of hydrogen-bond donors (Lipinski definition) is 1. The summed E-state index contributed by atoms with van der Waals surface area (Å²) in [6, 6.07) is 0. The molecule has 0 heterocycles. The zero-order valence-electron chi connectivity index (χ0n) is 23.5. The van der Waals surface area contributed by atoms with Crippen LogP contribution in [-0.2, 0) is 14.3 Å². The molecule has 4 nitrogen and oxygen atoms in total. The van der Waals surface area contributed by atoms with Crippen molar-refractivity contribution in [2.45, 2.75) is 106 Å². The van der Waals surface area contributed by atoms with E-state index in [4.69, 9.17) is 4.74 Å². The Hall–Kier alpha value is -2.10. The van der Waals surface area contributed by atoms with E-state index in [9.17, 15) is 14.7 Å². The minimum absolute atomic E-state index is 0.0338. The smallest absolute Gasteiger partial charge is 0.312 e. The van der Waals surface area contributed by atoms with Crippen LogP contribution in [0, 0.1) is 33.0 Å². The van der Waals surface area contributed by atoms with Gasteiger partial charge in [-0.15, -0.1) is 0 Å². The SMILES string of the molecule is CC1=C(O)C(=O)C=C2C1=CC=C1[C@@]2(C)CC[C@@]2(C)[C@@H]3C[C@](C)(C(=O)OC(C)C)CC[C@]3(C)CC[C@]12C. The highest BCUT2D eigenvalue weighted by Crippen LogP contribution is 2.75. The Kier molecular flexibility index (Phi) is 5.47. The quantitative estimate of drug-likeness (QED) is 0.404. The second-order valence-corrected chi connectivity index (χ2v) is 14.1. The zero-order valence-corrected chi connectivity index (χ0v) is 23.5. The van der Waals surface area contributed by atoms with Gasteiger partial charge in [0.1, 0.15) is 0 Å². The van der Waals surface area contributed by atoms with Crippen molar-refractivity contribution in [3.63, 3.8) is 0 Å². The van der Waals surface area contributed by atoms with Gasteiger partial charge >= 0.3 is 5.97 Å². The molecule has 4 heteroatoms. The van der Waals surface area contributed by atoms with Crippen LogP contribution in [0.4, 0.5) is 0 Å². The number of aliphatic hydroxyl groups excluding tert-OH is 1. The van der Waals surface area contributed by atoms with Crippen molar-refractivity contribution < 1.29 is 19.4 Å². The van der Waals surface area contributed by atoms with Gasteiger partial charge in [-0.3, -0.25) is 9.59 Å². The maximum absolute atomic E-state index is 13.3. The first-order valence-corrected chi connectivity index (χ1v) is 13.9. The monoisotopic (exact) mass is 492 g/mol. The maximum atomic E-state index is 13.3. The minimum atomic E-state index is -0.442. The second-order valence-electron chi connectivity index (χ2n) is 14.1. The molecule has 0 amide bonds. The van der Waals surface area contributed by atoms with Crippen molar-refractivity contribution in [3.05, 3.63) is 46.3 Å². The van der Waals surface area contributed by atoms with Crippen LogP contribution in [0.15, 0.2) is 46.3 Å². The fourth-order valence-electron chi connectivity index (χ4n) is 9.00. The van der Waals surface area contributed by atoms with E-state index >= 15 is 0 Å². The molecule has 0 aromatic rings. The van der Waals surface area contributed by atoms with Crippen LogP contribution in [0.25, 0.3) is 0 Å². The zero-order chi connectivity index (χ0) is 26.5. The lowest BCUT2D eigenvalue weighted by Crippen LogP contribution is -2.62. The van der Waals surface area contributed by atoms with Crippen molar-refractivity contribution in [1.82, 2.24) is 0 Å². The molecule has 3 saturated carbocycles. The highest BCUT2D eigenvalue weighted by Gasteiger charge is 2.67. The number of allylic oxidation sites excluding steroid dienone is 7. The van der Waals surface area contributed by atoms with Gasteiger partial charge in [-0.2, -0.15) is 0 Å². The van der Waals surface area contributed by atoms with Crippen LogP contribution < -0.4 is 0 Å². The molecule has 0 aromatic carbocycles. The van der Waals surface area contributed by atoms with E-state index in [1.165, 1.54) is 5.57 Å². The van der Waals surface area contributed by atoms with E-state index < -0.39 is 5.41 Å². The Morgan fingerprint density at radius 1 is 1.00 bits per heavy atom. The van der Waals surface area contributed by atoms with Crippen molar-refractivity contribution in [3.8, 4) is 0 Å². The second kappa shape index (κ2) is 7.71. The fourth-order valence-corrected chi connectivity index (χ4v) is 9.00. The summed E-state index contributed by atoms with van der Waals surface area (Å²) in [7, 11) is 0. The standard InChI is InChI=1S/C32H44O4/c1-19(2)36-27(35)29(5)12-11-28(4)13-15-31(7)24-10-9-21-20(3)26(34)23(33)17-22(21)30(24,6)14-16-32(31,8)25(28)18-29/h9-10,17,19,25,34H,11-16,18H2,1-8H3/t25-,28-,29-,30+,31-,32+/m1/s1. The maximum Gasteiger partial charge on any atom is 0.312 e. The summed E-state index contributed by atoms with van der Waals surface area (Å²) in [5, 5.41) is 10.3. The molecule has 0 unspecified atom stereocenters. The highest BCUT2D eigenvalue weighted by atomic mass is 16.5. The number of hydrogen-bond acceptors (Lipinski definition) is 4. The molecule has 5 aliphatic rings. The van der Waals surface area contributed by atoms with E-state index in [-0.39, 0.29) is 45.3 Å². The fraction of sp³-hybridized carbons (Fsp3) is 0.688. The highest BCUT2D eigenvalue weighted by molar-refractivity contribution is 6.06. The van der Waals surface area contributed by atoms with E-state index in [0.717, 1.165) is 56.1 Å². The largest absolute Gasteiger partial charge is 0.504 e. The van der Waals surface area contributed by atoms with E-state index in [1.807, 2.05) is 20.8 Å². The Balaban J connectivity index is 1.59. The molecule has 5 rings (SSSR count). The molecular weight excluding hydrogens is 448 g/mol. The minimum Gasteiger partial charge on any atom is -0.504 e. The lowest BCUT2D eigenvalue weighted by atomic mass is 9.34. The van der Waals surface area contributed by atoms with Crippen LogP contribution in [-0.4, -0.2) is 23.0 Å². The van der Waals surface area contributed by atoms with E-state index in [0.29, 0.717) is 11.5 Å². The Morgan fingerprint density at radius 2 is 1.67 bits per heavy atom. The van der Waals surface area contributed by atoms with E-state index in [2.05, 4.69) is 46.8 Å². The van der Waals surface area contributed by atoms with Crippen LogP contribution in [0.2, 0.25) is 0 Å². The summed E-state index contributed by atoms with van der Waals surface area (Å²) in [5.74, 6) is -0.0109. The summed E-state index contributed by atoms with van der Waals surface area (Å²) in [6.07, 6.45) is 13.2. The summed E-state index contributed by atoms with van der Waals surface area (Å²) in [4.78, 5) is 25.9. The molecule has 6 atom stereocenters. The normalized spacial score (nSPS) is 44.0. The summed E-state index contributed by atoms with van der Waals surface area (Å²) >= 11 is 0. The lowest BCUT2D eigenvalue weighted by Gasteiger charge is -2.70. The molecule has 0 aliphatic heterocycles. The molecule has 5 aliphatic carbocycles. The molecule has 36 heavy (non-hydrogen) atoms. The number of carbonyl (C=O) groups is 2. The Labute approximate surface area is 216 Å². The Bertz CT molecular complexity index is 1170. The predicted octanol–water partition coefficient (Wildman–Crippen LogP) is 7.56. The average molecular weight is 493 g/mol. The molecule has 0 spiro atoms. The number of esters is 1. The summed E-state index contributed by atoms with van der Waals surface area (Å²) in [5.41, 5.74) is 3.77. The summed E-state index contributed by atoms with van der Waals surface area (Å²) < 4.78 is 5.77.